The number of hydrogen-bond acceptors (Lipinski definition) is 4. The fourth-order valence-electron chi connectivity index (χ4n) is 2.25. The highest BCUT2D eigenvalue weighted by molar-refractivity contribution is 6.35. The molecule has 5 nitrogen and oxygen atoms in total. The van der Waals surface area contributed by atoms with Crippen molar-refractivity contribution in [2.75, 3.05) is 12.4 Å². The molecule has 1 amide bonds. The van der Waals surface area contributed by atoms with Gasteiger partial charge in [0, 0.05) is 27.7 Å². The van der Waals surface area contributed by atoms with Crippen LogP contribution in [0, 0.1) is 6.92 Å². The molecule has 3 rings (SSSR count). The van der Waals surface area contributed by atoms with E-state index in [1.54, 1.807) is 31.2 Å². The topological polar surface area (TPSA) is 64.1 Å². The second-order valence-electron chi connectivity index (χ2n) is 5.00. The summed E-state index contributed by atoms with van der Waals surface area (Å²) in [5.41, 5.74) is 1.88. The first kappa shape index (κ1) is 15.2. The van der Waals surface area contributed by atoms with Crippen LogP contribution in [0.1, 0.15) is 16.1 Å². The Balaban J connectivity index is 1.89. The number of hydrogen-bond donors (Lipinski definition) is 1. The molecule has 0 saturated heterocycles. The summed E-state index contributed by atoms with van der Waals surface area (Å²) in [6.07, 6.45) is 0. The van der Waals surface area contributed by atoms with E-state index in [1.807, 2.05) is 18.2 Å². The molecule has 2 heterocycles. The lowest BCUT2D eigenvalue weighted by molar-refractivity contribution is 0.102. The number of amides is 1. The van der Waals surface area contributed by atoms with Crippen LogP contribution in [0.25, 0.3) is 10.9 Å². The average molecular weight is 328 g/mol. The van der Waals surface area contributed by atoms with Gasteiger partial charge in [-0.05, 0) is 37.3 Å². The summed E-state index contributed by atoms with van der Waals surface area (Å²) in [7, 11) is 1.51. The Morgan fingerprint density at radius 1 is 1.17 bits per heavy atom. The Morgan fingerprint density at radius 3 is 2.78 bits per heavy atom. The number of methoxy groups -OCH3 is 1. The second kappa shape index (κ2) is 6.22. The lowest BCUT2D eigenvalue weighted by atomic mass is 10.2. The number of carbonyl (C=O) groups excluding carboxylic acids is 1. The molecule has 0 radical (unpaired) electrons. The highest BCUT2D eigenvalue weighted by Crippen LogP contribution is 2.23. The average Bonchev–Trinajstić information content (AvgIpc) is 2.54. The van der Waals surface area contributed by atoms with E-state index in [2.05, 4.69) is 15.3 Å². The molecule has 0 fully saturated rings. The molecule has 0 atom stereocenters. The Labute approximate surface area is 138 Å². The summed E-state index contributed by atoms with van der Waals surface area (Å²) < 4.78 is 5.09. The largest absolute Gasteiger partial charge is 0.481 e. The van der Waals surface area contributed by atoms with Crippen LogP contribution in [-0.2, 0) is 0 Å². The summed E-state index contributed by atoms with van der Waals surface area (Å²) in [6.45, 7) is 1.80. The van der Waals surface area contributed by atoms with Gasteiger partial charge in [-0.25, -0.2) is 9.97 Å². The van der Waals surface area contributed by atoms with Crippen LogP contribution in [-0.4, -0.2) is 23.0 Å². The van der Waals surface area contributed by atoms with Crippen molar-refractivity contribution in [1.82, 2.24) is 9.97 Å². The molecule has 6 heteroatoms. The van der Waals surface area contributed by atoms with E-state index >= 15 is 0 Å². The van der Waals surface area contributed by atoms with Crippen LogP contribution in [0.3, 0.4) is 0 Å². The molecule has 0 saturated carbocycles. The van der Waals surface area contributed by atoms with Gasteiger partial charge >= 0.3 is 0 Å². The zero-order valence-corrected chi connectivity index (χ0v) is 13.4. The van der Waals surface area contributed by atoms with Crippen molar-refractivity contribution in [3.05, 3.63) is 58.7 Å². The van der Waals surface area contributed by atoms with Gasteiger partial charge in [0.15, 0.2) is 0 Å². The maximum Gasteiger partial charge on any atom is 0.257 e. The molecule has 0 spiro atoms. The summed E-state index contributed by atoms with van der Waals surface area (Å²) in [6, 6.07) is 12.3. The zero-order valence-electron chi connectivity index (χ0n) is 12.6. The van der Waals surface area contributed by atoms with Crippen LogP contribution in [0.15, 0.2) is 42.5 Å². The second-order valence-corrected chi connectivity index (χ2v) is 5.40. The molecule has 0 unspecified atom stereocenters. The Morgan fingerprint density at radius 2 is 2.00 bits per heavy atom. The molecule has 116 valence electrons. The number of ether oxygens (including phenoxy) is 1. The third kappa shape index (κ3) is 3.24. The number of nitrogens with one attached hydrogen (secondary N) is 1. The lowest BCUT2D eigenvalue weighted by Crippen LogP contribution is -2.13. The van der Waals surface area contributed by atoms with E-state index in [-0.39, 0.29) is 5.91 Å². The van der Waals surface area contributed by atoms with Crippen molar-refractivity contribution in [3.63, 3.8) is 0 Å². The number of anilines is 1. The molecule has 0 aliphatic carbocycles. The summed E-state index contributed by atoms with van der Waals surface area (Å²) in [5, 5.41) is 4.24. The molecule has 3 aromatic rings. The van der Waals surface area contributed by atoms with Crippen LogP contribution in [0.4, 0.5) is 5.82 Å². The maximum atomic E-state index is 12.4. The van der Waals surface area contributed by atoms with Crippen molar-refractivity contribution < 1.29 is 9.53 Å². The fraction of sp³-hybridized carbons (Fsp3) is 0.118. The lowest BCUT2D eigenvalue weighted by Gasteiger charge is -2.08. The summed E-state index contributed by atoms with van der Waals surface area (Å²) in [4.78, 5) is 20.9. The molecular formula is C17H14ClN3O2. The predicted octanol–water partition coefficient (Wildman–Crippen LogP) is 3.85. The number of aromatic nitrogens is 2. The normalized spacial score (nSPS) is 10.6. The molecule has 0 aliphatic rings. The van der Waals surface area contributed by atoms with E-state index in [4.69, 9.17) is 16.3 Å². The number of benzene rings is 1. The van der Waals surface area contributed by atoms with Crippen LogP contribution < -0.4 is 10.1 Å². The number of pyridine rings is 2. The molecule has 2 aromatic heterocycles. The van der Waals surface area contributed by atoms with Gasteiger partial charge in [0.05, 0.1) is 12.6 Å². The molecule has 23 heavy (non-hydrogen) atoms. The number of fused-ring (bicyclic) bond motifs is 1. The van der Waals surface area contributed by atoms with Gasteiger partial charge in [0.2, 0.25) is 5.88 Å². The maximum absolute atomic E-state index is 12.4. The standard InChI is InChI=1S/C17H14ClN3O2/c1-10-8-11(9-16(19-10)23-2)17(22)21-15-7-6-12-13(18)4-3-5-14(12)20-15/h3-9H,1-2H3,(H,20,21,22). The smallest absolute Gasteiger partial charge is 0.257 e. The number of rotatable bonds is 3. The van der Waals surface area contributed by atoms with Gasteiger partial charge in [0.25, 0.3) is 5.91 Å². The van der Waals surface area contributed by atoms with Crippen molar-refractivity contribution in [2.24, 2.45) is 0 Å². The van der Waals surface area contributed by atoms with Gasteiger partial charge in [-0.2, -0.15) is 0 Å². The van der Waals surface area contributed by atoms with Crippen molar-refractivity contribution in [2.45, 2.75) is 6.92 Å². The van der Waals surface area contributed by atoms with Gasteiger partial charge in [-0.15, -0.1) is 0 Å². The Kier molecular flexibility index (Phi) is 4.12. The number of nitrogens with zero attached hydrogens (tertiary/aromatic N) is 2. The van der Waals surface area contributed by atoms with Crippen molar-refractivity contribution in [1.29, 1.82) is 0 Å². The third-order valence-electron chi connectivity index (χ3n) is 3.32. The van der Waals surface area contributed by atoms with Gasteiger partial charge in [-0.3, -0.25) is 4.79 Å². The van der Waals surface area contributed by atoms with Crippen molar-refractivity contribution in [3.8, 4) is 5.88 Å². The highest BCUT2D eigenvalue weighted by atomic mass is 35.5. The van der Waals surface area contributed by atoms with E-state index in [0.717, 1.165) is 10.9 Å². The Hall–Kier alpha value is -2.66. The summed E-state index contributed by atoms with van der Waals surface area (Å²) >= 11 is 6.11. The summed E-state index contributed by atoms with van der Waals surface area (Å²) in [5.74, 6) is 0.578. The molecule has 0 bridgehead atoms. The molecule has 1 N–H and O–H groups in total. The van der Waals surface area contributed by atoms with Crippen LogP contribution in [0.5, 0.6) is 5.88 Å². The quantitative estimate of drug-likeness (QED) is 0.793. The minimum atomic E-state index is -0.275. The number of aryl methyl sites for hydroxylation is 1. The van der Waals surface area contributed by atoms with Crippen LogP contribution in [0.2, 0.25) is 5.02 Å². The molecule has 1 aromatic carbocycles. The van der Waals surface area contributed by atoms with E-state index in [0.29, 0.717) is 28.0 Å². The van der Waals surface area contributed by atoms with Gasteiger partial charge < -0.3 is 10.1 Å². The first-order valence-electron chi connectivity index (χ1n) is 6.96. The minimum absolute atomic E-state index is 0.275. The Bertz CT molecular complexity index is 896. The van der Waals surface area contributed by atoms with Gasteiger partial charge in [0.1, 0.15) is 5.82 Å². The molecule has 0 aliphatic heterocycles. The SMILES string of the molecule is COc1cc(C(=O)Nc2ccc3c(Cl)cccc3n2)cc(C)n1. The van der Waals surface area contributed by atoms with Crippen LogP contribution >= 0.6 is 11.6 Å². The van der Waals surface area contributed by atoms with E-state index < -0.39 is 0 Å². The number of halogens is 1. The molecular weight excluding hydrogens is 314 g/mol. The van der Waals surface area contributed by atoms with E-state index in [9.17, 15) is 4.79 Å². The fourth-order valence-corrected chi connectivity index (χ4v) is 2.48. The van der Waals surface area contributed by atoms with Gasteiger partial charge in [-0.1, -0.05) is 17.7 Å². The predicted molar refractivity (Wildman–Crippen MR) is 90.2 cm³/mol. The minimum Gasteiger partial charge on any atom is -0.481 e. The zero-order chi connectivity index (χ0) is 16.4. The number of carbonyl (C=O) groups is 1. The third-order valence-corrected chi connectivity index (χ3v) is 3.65. The first-order chi connectivity index (χ1) is 11.1. The first-order valence-corrected chi connectivity index (χ1v) is 7.34. The highest BCUT2D eigenvalue weighted by Gasteiger charge is 2.11. The van der Waals surface area contributed by atoms with E-state index in [1.165, 1.54) is 7.11 Å². The monoisotopic (exact) mass is 327 g/mol. The van der Waals surface area contributed by atoms with Crippen molar-refractivity contribution >= 4 is 34.2 Å².